The van der Waals surface area contributed by atoms with Crippen molar-refractivity contribution in [2.45, 2.75) is 18.8 Å². The molecule has 0 unspecified atom stereocenters. The first-order valence-corrected chi connectivity index (χ1v) is 7.55. The van der Waals surface area contributed by atoms with Crippen molar-refractivity contribution in [3.05, 3.63) is 30.1 Å². The van der Waals surface area contributed by atoms with Crippen LogP contribution in [0.3, 0.4) is 0 Å². The maximum atomic E-state index is 4.73. The van der Waals surface area contributed by atoms with Crippen LogP contribution in [0, 0.1) is 0 Å². The number of rotatable bonds is 2. The summed E-state index contributed by atoms with van der Waals surface area (Å²) in [6, 6.07) is 8.28. The summed E-state index contributed by atoms with van der Waals surface area (Å²) in [5.74, 6) is 1.16. The number of piperidine rings is 1. The van der Waals surface area contributed by atoms with Gasteiger partial charge in [0, 0.05) is 19.0 Å². The number of aromatic nitrogens is 5. The van der Waals surface area contributed by atoms with Gasteiger partial charge in [-0.25, -0.2) is 4.98 Å². The van der Waals surface area contributed by atoms with Gasteiger partial charge >= 0.3 is 0 Å². The Bertz CT molecular complexity index is 674. The van der Waals surface area contributed by atoms with Crippen molar-refractivity contribution in [3.8, 4) is 0 Å². The van der Waals surface area contributed by atoms with Crippen molar-refractivity contribution in [3.63, 3.8) is 0 Å². The molecule has 1 aromatic carbocycles. The zero-order valence-corrected chi connectivity index (χ0v) is 11.7. The van der Waals surface area contributed by atoms with Gasteiger partial charge in [-0.05, 0) is 25.0 Å². The molecule has 0 radical (unpaired) electrons. The quantitative estimate of drug-likeness (QED) is 0.782. The first-order valence-electron chi connectivity index (χ1n) is 6.74. The molecule has 0 aliphatic carbocycles. The summed E-state index contributed by atoms with van der Waals surface area (Å²) < 4.78 is 1.24. The number of hydrogen-bond acceptors (Lipinski definition) is 6. The van der Waals surface area contributed by atoms with E-state index in [9.17, 15) is 0 Å². The van der Waals surface area contributed by atoms with Crippen LogP contribution in [0.4, 0.5) is 5.13 Å². The van der Waals surface area contributed by atoms with Gasteiger partial charge in [0.25, 0.3) is 0 Å². The number of aromatic amines is 1. The fourth-order valence-electron chi connectivity index (χ4n) is 2.70. The van der Waals surface area contributed by atoms with Crippen LogP contribution in [0.5, 0.6) is 0 Å². The Morgan fingerprint density at radius 3 is 3.10 bits per heavy atom. The van der Waals surface area contributed by atoms with Crippen molar-refractivity contribution in [1.82, 2.24) is 25.6 Å². The fraction of sp³-hybridized carbons (Fsp3) is 0.385. The van der Waals surface area contributed by atoms with E-state index in [1.165, 1.54) is 4.70 Å². The van der Waals surface area contributed by atoms with E-state index in [0.29, 0.717) is 5.92 Å². The molecular weight excluding hydrogens is 272 g/mol. The molecule has 1 aliphatic heterocycles. The lowest BCUT2D eigenvalue weighted by molar-refractivity contribution is 0.491. The van der Waals surface area contributed by atoms with Crippen LogP contribution in [0.2, 0.25) is 0 Å². The highest BCUT2D eigenvalue weighted by molar-refractivity contribution is 7.22. The van der Waals surface area contributed by atoms with Crippen LogP contribution < -0.4 is 4.90 Å². The molecule has 3 aromatic rings. The van der Waals surface area contributed by atoms with Crippen molar-refractivity contribution in [1.29, 1.82) is 0 Å². The monoisotopic (exact) mass is 286 g/mol. The third-order valence-electron chi connectivity index (χ3n) is 3.70. The van der Waals surface area contributed by atoms with Gasteiger partial charge < -0.3 is 4.90 Å². The maximum absolute atomic E-state index is 4.73. The topological polar surface area (TPSA) is 70.6 Å². The summed E-state index contributed by atoms with van der Waals surface area (Å²) in [7, 11) is 0. The Morgan fingerprint density at radius 2 is 2.25 bits per heavy atom. The highest BCUT2D eigenvalue weighted by atomic mass is 32.1. The Labute approximate surface area is 119 Å². The lowest BCUT2D eigenvalue weighted by Crippen LogP contribution is -2.34. The fourth-order valence-corrected chi connectivity index (χ4v) is 3.70. The Hall–Kier alpha value is -2.02. The minimum absolute atomic E-state index is 0.342. The number of nitrogens with zero attached hydrogens (tertiary/aromatic N) is 5. The molecule has 6 nitrogen and oxygen atoms in total. The van der Waals surface area contributed by atoms with Crippen LogP contribution in [-0.4, -0.2) is 38.7 Å². The lowest BCUT2D eigenvalue weighted by Gasteiger charge is -2.30. The van der Waals surface area contributed by atoms with Crippen LogP contribution in [0.15, 0.2) is 24.3 Å². The highest BCUT2D eigenvalue weighted by Crippen LogP contribution is 2.33. The zero-order chi connectivity index (χ0) is 13.4. The minimum Gasteiger partial charge on any atom is -0.347 e. The summed E-state index contributed by atoms with van der Waals surface area (Å²) in [5, 5.41) is 15.5. The number of nitrogens with one attached hydrogen (secondary N) is 1. The van der Waals surface area contributed by atoms with Gasteiger partial charge in [0.2, 0.25) is 0 Å². The van der Waals surface area contributed by atoms with Crippen LogP contribution in [-0.2, 0) is 0 Å². The van der Waals surface area contributed by atoms with Gasteiger partial charge in [0.05, 0.1) is 10.2 Å². The molecule has 3 heterocycles. The number of tetrazole rings is 1. The van der Waals surface area contributed by atoms with Gasteiger partial charge in [-0.15, -0.1) is 10.2 Å². The maximum Gasteiger partial charge on any atom is 0.186 e. The van der Waals surface area contributed by atoms with Crippen molar-refractivity contribution >= 4 is 26.7 Å². The van der Waals surface area contributed by atoms with Gasteiger partial charge in [-0.1, -0.05) is 28.7 Å². The highest BCUT2D eigenvalue weighted by Gasteiger charge is 2.26. The molecule has 2 aromatic heterocycles. The third kappa shape index (κ3) is 2.03. The Balaban J connectivity index is 1.61. The number of hydrogen-bond donors (Lipinski definition) is 1. The number of para-hydroxylation sites is 1. The summed E-state index contributed by atoms with van der Waals surface area (Å²) >= 11 is 1.75. The van der Waals surface area contributed by atoms with Crippen molar-refractivity contribution in [2.75, 3.05) is 18.0 Å². The number of H-pyrrole nitrogens is 1. The standard InChI is InChI=1S/C13H14N6S/c1-2-6-11-10(5-1)14-13(20-11)19-7-3-4-9(8-19)12-15-17-18-16-12/h1-2,5-6,9H,3-4,7-8H2,(H,15,16,17,18)/t9-/m1/s1. The number of anilines is 1. The molecule has 0 bridgehead atoms. The third-order valence-corrected chi connectivity index (χ3v) is 4.80. The number of thiazole rings is 1. The Morgan fingerprint density at radius 1 is 1.30 bits per heavy atom. The Kier molecular flexibility index (Phi) is 2.84. The van der Waals surface area contributed by atoms with Gasteiger partial charge in [-0.2, -0.15) is 5.21 Å². The molecule has 1 saturated heterocycles. The van der Waals surface area contributed by atoms with E-state index in [0.717, 1.165) is 42.4 Å². The normalized spacial score (nSPS) is 19.6. The molecule has 1 atom stereocenters. The van der Waals surface area contributed by atoms with E-state index >= 15 is 0 Å². The molecule has 0 amide bonds. The van der Waals surface area contributed by atoms with Gasteiger partial charge in [0.1, 0.15) is 0 Å². The predicted octanol–water partition coefficient (Wildman–Crippen LogP) is 2.19. The SMILES string of the molecule is c1ccc2sc(N3CCC[C@@H](c4nn[nH]n4)C3)nc2c1. The van der Waals surface area contributed by atoms with E-state index < -0.39 is 0 Å². The summed E-state index contributed by atoms with van der Waals surface area (Å²) in [4.78, 5) is 7.07. The second kappa shape index (κ2) is 4.82. The summed E-state index contributed by atoms with van der Waals surface area (Å²) in [6.07, 6.45) is 2.25. The van der Waals surface area contributed by atoms with E-state index in [4.69, 9.17) is 4.98 Å². The molecule has 1 fully saturated rings. The smallest absolute Gasteiger partial charge is 0.186 e. The molecule has 1 aliphatic rings. The summed E-state index contributed by atoms with van der Waals surface area (Å²) in [5.41, 5.74) is 1.08. The second-order valence-electron chi connectivity index (χ2n) is 5.02. The first kappa shape index (κ1) is 11.8. The molecule has 7 heteroatoms. The zero-order valence-electron chi connectivity index (χ0n) is 10.9. The van der Waals surface area contributed by atoms with Crippen molar-refractivity contribution in [2.24, 2.45) is 0 Å². The van der Waals surface area contributed by atoms with Crippen LogP contribution in [0.1, 0.15) is 24.6 Å². The van der Waals surface area contributed by atoms with Gasteiger partial charge in [-0.3, -0.25) is 0 Å². The average molecular weight is 286 g/mol. The number of fused-ring (bicyclic) bond motifs is 1. The second-order valence-corrected chi connectivity index (χ2v) is 6.03. The molecule has 20 heavy (non-hydrogen) atoms. The van der Waals surface area contributed by atoms with E-state index in [-0.39, 0.29) is 0 Å². The van der Waals surface area contributed by atoms with E-state index in [1.54, 1.807) is 11.3 Å². The van der Waals surface area contributed by atoms with Crippen molar-refractivity contribution < 1.29 is 0 Å². The number of benzene rings is 1. The molecule has 102 valence electrons. The molecule has 4 rings (SSSR count). The van der Waals surface area contributed by atoms with E-state index in [1.807, 2.05) is 6.07 Å². The molecule has 1 N–H and O–H groups in total. The average Bonchev–Trinajstić information content (AvgIpc) is 3.16. The minimum atomic E-state index is 0.342. The molecular formula is C13H14N6S. The largest absolute Gasteiger partial charge is 0.347 e. The van der Waals surface area contributed by atoms with Crippen LogP contribution in [0.25, 0.3) is 10.2 Å². The van der Waals surface area contributed by atoms with E-state index in [2.05, 4.69) is 43.7 Å². The van der Waals surface area contributed by atoms with Crippen LogP contribution >= 0.6 is 11.3 Å². The predicted molar refractivity (Wildman–Crippen MR) is 78.0 cm³/mol. The molecule has 0 spiro atoms. The first-order chi connectivity index (χ1) is 9.90. The molecule has 0 saturated carbocycles. The van der Waals surface area contributed by atoms with Gasteiger partial charge in [0.15, 0.2) is 11.0 Å². The lowest BCUT2D eigenvalue weighted by atomic mass is 9.98. The summed E-state index contributed by atoms with van der Waals surface area (Å²) in [6.45, 7) is 1.97.